The summed E-state index contributed by atoms with van der Waals surface area (Å²) in [6.07, 6.45) is 0. The number of rotatable bonds is 7. The quantitative estimate of drug-likeness (QED) is 0.159. The molecule has 2 atom stereocenters. The van der Waals surface area contributed by atoms with Crippen molar-refractivity contribution in [2.24, 2.45) is 0 Å². The number of benzene rings is 6. The molecule has 1 aliphatic heterocycles. The van der Waals surface area contributed by atoms with Crippen molar-refractivity contribution < 1.29 is 8.95 Å². The summed E-state index contributed by atoms with van der Waals surface area (Å²) in [4.78, 5) is 0. The Hall–Kier alpha value is -4.08. The van der Waals surface area contributed by atoms with E-state index in [9.17, 15) is 4.21 Å². The molecular weight excluding hydrogens is 626 g/mol. The van der Waals surface area contributed by atoms with Gasteiger partial charge in [-0.05, 0) is 61.7 Å². The van der Waals surface area contributed by atoms with Crippen molar-refractivity contribution in [1.82, 2.24) is 4.31 Å². The van der Waals surface area contributed by atoms with Gasteiger partial charge < -0.3 is 4.74 Å². The van der Waals surface area contributed by atoms with Gasteiger partial charge in [-0.2, -0.15) is 0 Å². The van der Waals surface area contributed by atoms with E-state index in [0.717, 1.165) is 33.6 Å². The van der Waals surface area contributed by atoms with Crippen LogP contribution in [0, 0.1) is 0 Å². The SMILES string of the molecule is CN([C@H](c1ccc2ccccc2c1)c1cccc2c1Oc1c(P(c3ccccc3)c3ccccc3)cccc1C2(C)C)S(=O)C(C)(C)C. The van der Waals surface area contributed by atoms with Gasteiger partial charge in [-0.25, -0.2) is 8.51 Å². The molecule has 1 heterocycles. The number of hydrogen-bond acceptors (Lipinski definition) is 2. The van der Waals surface area contributed by atoms with Crippen molar-refractivity contribution >= 4 is 45.6 Å². The van der Waals surface area contributed by atoms with Gasteiger partial charge in [0.1, 0.15) is 22.5 Å². The molecule has 0 aromatic heterocycles. The molecular formula is C43H42NO2PS. The minimum Gasteiger partial charge on any atom is -0.456 e. The van der Waals surface area contributed by atoms with Crippen LogP contribution in [0.4, 0.5) is 0 Å². The molecule has 1 unspecified atom stereocenters. The van der Waals surface area contributed by atoms with Gasteiger partial charge in [0.05, 0.1) is 10.8 Å². The van der Waals surface area contributed by atoms with Crippen LogP contribution < -0.4 is 20.7 Å². The molecule has 0 saturated heterocycles. The first-order chi connectivity index (χ1) is 23.1. The molecule has 0 saturated carbocycles. The maximum atomic E-state index is 14.2. The molecule has 6 aromatic rings. The first-order valence-electron chi connectivity index (χ1n) is 16.5. The van der Waals surface area contributed by atoms with Crippen LogP contribution in [-0.4, -0.2) is 20.3 Å². The third-order valence-corrected chi connectivity index (χ3v) is 13.6. The molecule has 48 heavy (non-hydrogen) atoms. The van der Waals surface area contributed by atoms with Crippen LogP contribution in [0.15, 0.2) is 140 Å². The zero-order valence-electron chi connectivity index (χ0n) is 28.5. The minimum absolute atomic E-state index is 0.307. The van der Waals surface area contributed by atoms with Crippen molar-refractivity contribution in [2.45, 2.75) is 50.8 Å². The summed E-state index contributed by atoms with van der Waals surface area (Å²) in [6, 6.07) is 49.5. The monoisotopic (exact) mass is 667 g/mol. The fraction of sp³-hybridized carbons (Fsp3) is 0.209. The van der Waals surface area contributed by atoms with E-state index in [1.54, 1.807) is 0 Å². The molecule has 0 aliphatic carbocycles. The van der Waals surface area contributed by atoms with Crippen molar-refractivity contribution in [3.05, 3.63) is 162 Å². The zero-order chi connectivity index (χ0) is 33.6. The summed E-state index contributed by atoms with van der Waals surface area (Å²) in [5.74, 6) is 1.78. The highest BCUT2D eigenvalue weighted by molar-refractivity contribution is 7.84. The molecule has 0 bridgehead atoms. The van der Waals surface area contributed by atoms with Crippen LogP contribution in [0.2, 0.25) is 0 Å². The minimum atomic E-state index is -1.29. The highest BCUT2D eigenvalue weighted by Crippen LogP contribution is 2.53. The highest BCUT2D eigenvalue weighted by Gasteiger charge is 2.40. The summed E-state index contributed by atoms with van der Waals surface area (Å²) in [5.41, 5.74) is 4.07. The number of ether oxygens (including phenoxy) is 1. The molecule has 0 N–H and O–H groups in total. The second kappa shape index (κ2) is 12.7. The predicted molar refractivity (Wildman–Crippen MR) is 205 cm³/mol. The van der Waals surface area contributed by atoms with Crippen LogP contribution in [0.5, 0.6) is 11.5 Å². The van der Waals surface area contributed by atoms with Crippen molar-refractivity contribution in [3.8, 4) is 11.5 Å². The lowest BCUT2D eigenvalue weighted by Crippen LogP contribution is -2.38. The maximum absolute atomic E-state index is 14.2. The van der Waals surface area contributed by atoms with Crippen LogP contribution in [0.25, 0.3) is 10.8 Å². The van der Waals surface area contributed by atoms with Gasteiger partial charge in [-0.1, -0.05) is 147 Å². The summed E-state index contributed by atoms with van der Waals surface area (Å²) < 4.78 is 23.0. The lowest BCUT2D eigenvalue weighted by Gasteiger charge is -2.40. The lowest BCUT2D eigenvalue weighted by molar-refractivity contribution is 0.390. The van der Waals surface area contributed by atoms with E-state index in [1.807, 2.05) is 32.1 Å². The average molecular weight is 668 g/mol. The first kappa shape index (κ1) is 32.5. The van der Waals surface area contributed by atoms with Crippen LogP contribution >= 0.6 is 7.92 Å². The average Bonchev–Trinajstić information content (AvgIpc) is 3.09. The second-order valence-corrected chi connectivity index (χ2v) is 18.5. The fourth-order valence-corrected chi connectivity index (χ4v) is 10.7. The van der Waals surface area contributed by atoms with Gasteiger partial charge >= 0.3 is 0 Å². The Kier molecular flexibility index (Phi) is 8.62. The summed E-state index contributed by atoms with van der Waals surface area (Å²) in [7, 11) is -0.211. The Labute approximate surface area is 289 Å². The van der Waals surface area contributed by atoms with Crippen LogP contribution in [0.1, 0.15) is 62.9 Å². The maximum Gasteiger partial charge on any atom is 0.139 e. The van der Waals surface area contributed by atoms with Gasteiger partial charge in [0.15, 0.2) is 0 Å². The Morgan fingerprint density at radius 1 is 0.667 bits per heavy atom. The zero-order valence-corrected chi connectivity index (χ0v) is 30.2. The Morgan fingerprint density at radius 2 is 1.23 bits per heavy atom. The van der Waals surface area contributed by atoms with Gasteiger partial charge in [0, 0.05) is 34.5 Å². The Morgan fingerprint density at radius 3 is 1.85 bits per heavy atom. The highest BCUT2D eigenvalue weighted by atomic mass is 32.2. The molecule has 242 valence electrons. The van der Waals surface area contributed by atoms with Crippen molar-refractivity contribution in [2.75, 3.05) is 7.05 Å². The molecule has 0 radical (unpaired) electrons. The molecule has 1 aliphatic rings. The van der Waals surface area contributed by atoms with Crippen molar-refractivity contribution in [1.29, 1.82) is 0 Å². The van der Waals surface area contributed by atoms with Gasteiger partial charge in [0.2, 0.25) is 0 Å². The largest absolute Gasteiger partial charge is 0.456 e. The standard InChI is InChI=1S/C43H42NO2PS/c1-42(2,3)48(45)44(6)39(32-28-27-30-17-13-14-18-31(30)29-32)35-23-15-24-36-40(35)46-41-37(43(36,4)5)25-16-26-38(41)47(33-19-9-7-10-20-33)34-21-11-8-12-22-34/h7-29,39H,1-6H3/t39-,48?/m1/s1. The second-order valence-electron chi connectivity index (χ2n) is 14.0. The van der Waals surface area contributed by atoms with Crippen LogP contribution in [-0.2, 0) is 16.4 Å². The summed E-state index contributed by atoms with van der Waals surface area (Å²) >= 11 is 0. The molecule has 0 fully saturated rings. The Balaban J connectivity index is 1.45. The molecule has 5 heteroatoms. The summed E-state index contributed by atoms with van der Waals surface area (Å²) in [5, 5.41) is 6.09. The normalized spacial score (nSPS) is 15.1. The number of fused-ring (bicyclic) bond motifs is 3. The van der Waals surface area contributed by atoms with E-state index in [2.05, 4.69) is 153 Å². The number of hydrogen-bond donors (Lipinski definition) is 0. The van der Waals surface area contributed by atoms with E-state index < -0.39 is 23.7 Å². The molecule has 0 amide bonds. The van der Waals surface area contributed by atoms with E-state index in [1.165, 1.54) is 26.9 Å². The molecule has 0 spiro atoms. The molecule has 6 aromatic carbocycles. The summed E-state index contributed by atoms with van der Waals surface area (Å²) in [6.45, 7) is 10.7. The molecule has 7 rings (SSSR count). The van der Waals surface area contributed by atoms with Crippen molar-refractivity contribution in [3.63, 3.8) is 0 Å². The number of para-hydroxylation sites is 2. The van der Waals surface area contributed by atoms with Gasteiger partial charge in [0.25, 0.3) is 0 Å². The predicted octanol–water partition coefficient (Wildman–Crippen LogP) is 9.51. The lowest BCUT2D eigenvalue weighted by atomic mass is 9.74. The topological polar surface area (TPSA) is 29.5 Å². The number of nitrogens with zero attached hydrogens (tertiary/aromatic N) is 1. The third-order valence-electron chi connectivity index (χ3n) is 9.39. The fourth-order valence-electron chi connectivity index (χ4n) is 7.00. The Bertz CT molecular complexity index is 2080. The van der Waals surface area contributed by atoms with Gasteiger partial charge in [-0.15, -0.1) is 0 Å². The van der Waals surface area contributed by atoms with Gasteiger partial charge in [-0.3, -0.25) is 0 Å². The molecule has 3 nitrogen and oxygen atoms in total. The van der Waals surface area contributed by atoms with E-state index in [4.69, 9.17) is 4.74 Å². The first-order valence-corrected chi connectivity index (χ1v) is 19.0. The third kappa shape index (κ3) is 5.81. The van der Waals surface area contributed by atoms with Crippen LogP contribution in [0.3, 0.4) is 0 Å². The van der Waals surface area contributed by atoms with E-state index >= 15 is 0 Å². The van der Waals surface area contributed by atoms with E-state index in [-0.39, 0.29) is 11.5 Å². The van der Waals surface area contributed by atoms with E-state index in [0.29, 0.717) is 0 Å². The smallest absolute Gasteiger partial charge is 0.139 e.